The molecule has 2 rings (SSSR count). The van der Waals surface area contributed by atoms with Crippen molar-refractivity contribution in [2.24, 2.45) is 0 Å². The Labute approximate surface area is 201 Å². The lowest BCUT2D eigenvalue weighted by Crippen LogP contribution is -2.48. The van der Waals surface area contributed by atoms with Crippen molar-refractivity contribution < 1.29 is 33.4 Å². The first-order valence-corrected chi connectivity index (χ1v) is 11.5. The number of rotatable bonds is 8. The Morgan fingerprint density at radius 1 is 1.03 bits per heavy atom. The molecular formula is C25H36N2O7. The molecule has 2 amide bonds. The fourth-order valence-electron chi connectivity index (χ4n) is 3.43. The van der Waals surface area contributed by atoms with Crippen LogP contribution >= 0.6 is 0 Å². The van der Waals surface area contributed by atoms with E-state index in [2.05, 4.69) is 5.32 Å². The van der Waals surface area contributed by atoms with Gasteiger partial charge in [-0.3, -0.25) is 4.79 Å². The van der Waals surface area contributed by atoms with Gasteiger partial charge >= 0.3 is 18.0 Å². The van der Waals surface area contributed by atoms with Crippen LogP contribution in [0, 0.1) is 0 Å². The second kappa shape index (κ2) is 11.4. The molecule has 1 heterocycles. The lowest BCUT2D eigenvalue weighted by Gasteiger charge is -2.29. The van der Waals surface area contributed by atoms with Crippen LogP contribution in [0.3, 0.4) is 0 Å². The van der Waals surface area contributed by atoms with E-state index < -0.39 is 41.3 Å². The van der Waals surface area contributed by atoms with Crippen LogP contribution in [0.2, 0.25) is 0 Å². The number of hydrogen-bond acceptors (Lipinski definition) is 7. The van der Waals surface area contributed by atoms with Crippen LogP contribution in [0.1, 0.15) is 66.4 Å². The number of esters is 2. The van der Waals surface area contributed by atoms with Crippen LogP contribution in [-0.4, -0.2) is 58.7 Å². The lowest BCUT2D eigenvalue weighted by atomic mass is 10.1. The first-order valence-electron chi connectivity index (χ1n) is 11.5. The summed E-state index contributed by atoms with van der Waals surface area (Å²) in [5, 5.41) is 2.54. The monoisotopic (exact) mass is 476 g/mol. The summed E-state index contributed by atoms with van der Waals surface area (Å²) in [6.45, 7) is 10.6. The summed E-state index contributed by atoms with van der Waals surface area (Å²) in [6.07, 6.45) is -0.165. The summed E-state index contributed by atoms with van der Waals surface area (Å²) in [7, 11) is 0. The number of benzene rings is 1. The Kier molecular flexibility index (Phi) is 9.06. The van der Waals surface area contributed by atoms with E-state index in [1.165, 1.54) is 4.90 Å². The van der Waals surface area contributed by atoms with E-state index in [4.69, 9.17) is 14.2 Å². The summed E-state index contributed by atoms with van der Waals surface area (Å²) in [5.74, 6) is -1.34. The molecule has 1 aliphatic rings. The van der Waals surface area contributed by atoms with Crippen molar-refractivity contribution in [1.82, 2.24) is 10.2 Å². The summed E-state index contributed by atoms with van der Waals surface area (Å²) in [6, 6.07) is 7.35. The summed E-state index contributed by atoms with van der Waals surface area (Å²) < 4.78 is 16.1. The second-order valence-electron chi connectivity index (χ2n) is 10.3. The van der Waals surface area contributed by atoms with Crippen molar-refractivity contribution >= 4 is 23.9 Å². The molecule has 0 aliphatic carbocycles. The number of hydrogen-bond donors (Lipinski definition) is 1. The van der Waals surface area contributed by atoms with Crippen molar-refractivity contribution in [2.45, 2.75) is 90.7 Å². The highest BCUT2D eigenvalue weighted by molar-refractivity contribution is 5.88. The summed E-state index contributed by atoms with van der Waals surface area (Å²) >= 11 is 0. The molecule has 0 bridgehead atoms. The van der Waals surface area contributed by atoms with Crippen molar-refractivity contribution in [3.63, 3.8) is 0 Å². The molecule has 0 unspecified atom stereocenters. The van der Waals surface area contributed by atoms with E-state index in [9.17, 15) is 19.2 Å². The van der Waals surface area contributed by atoms with E-state index in [0.29, 0.717) is 6.42 Å². The van der Waals surface area contributed by atoms with Gasteiger partial charge in [0.25, 0.3) is 0 Å². The number of alkyl carbamates (subject to hydrolysis) is 1. The van der Waals surface area contributed by atoms with Gasteiger partial charge in [0.05, 0.1) is 0 Å². The Morgan fingerprint density at radius 2 is 1.65 bits per heavy atom. The minimum atomic E-state index is -1.06. The largest absolute Gasteiger partial charge is 0.458 e. The number of nitrogens with zero attached hydrogens (tertiary/aromatic N) is 1. The molecule has 34 heavy (non-hydrogen) atoms. The lowest BCUT2D eigenvalue weighted by molar-refractivity contribution is -0.162. The van der Waals surface area contributed by atoms with Gasteiger partial charge in [0.2, 0.25) is 5.91 Å². The molecule has 1 saturated heterocycles. The van der Waals surface area contributed by atoms with Crippen LogP contribution < -0.4 is 5.32 Å². The fraction of sp³-hybridized carbons (Fsp3) is 0.600. The standard InChI is InChI=1S/C25H36N2O7/c1-24(2,3)33-21(29)18(26-23(31)32-16-17-10-8-7-9-11-17)14-15-27-19(12-13-20(27)28)22(30)34-25(4,5)6/h7-11,18-19H,12-16H2,1-6H3,(H,26,31)/t18-,19-/m0/s1. The Morgan fingerprint density at radius 3 is 2.24 bits per heavy atom. The number of nitrogens with one attached hydrogen (secondary N) is 1. The van der Waals surface area contributed by atoms with Crippen molar-refractivity contribution in [1.29, 1.82) is 0 Å². The number of carbonyl (C=O) groups excluding carboxylic acids is 4. The van der Waals surface area contributed by atoms with Gasteiger partial charge in [-0.1, -0.05) is 30.3 Å². The predicted molar refractivity (Wildman–Crippen MR) is 125 cm³/mol. The highest BCUT2D eigenvalue weighted by atomic mass is 16.6. The van der Waals surface area contributed by atoms with Crippen LogP contribution in [0.15, 0.2) is 30.3 Å². The van der Waals surface area contributed by atoms with Gasteiger partial charge in [-0.25, -0.2) is 14.4 Å². The molecule has 0 aromatic heterocycles. The van der Waals surface area contributed by atoms with Crippen molar-refractivity contribution in [3.8, 4) is 0 Å². The van der Waals surface area contributed by atoms with Gasteiger partial charge in [-0.15, -0.1) is 0 Å². The molecule has 1 N–H and O–H groups in total. The first kappa shape index (κ1) is 27.1. The van der Waals surface area contributed by atoms with E-state index in [1.54, 1.807) is 41.5 Å². The van der Waals surface area contributed by atoms with Gasteiger partial charge in [-0.2, -0.15) is 0 Å². The zero-order chi connectivity index (χ0) is 25.5. The van der Waals surface area contributed by atoms with Gasteiger partial charge in [0, 0.05) is 13.0 Å². The molecule has 2 atom stereocenters. The molecule has 0 spiro atoms. The molecule has 0 radical (unpaired) electrons. The summed E-state index contributed by atoms with van der Waals surface area (Å²) in [5.41, 5.74) is -0.653. The predicted octanol–water partition coefficient (Wildman–Crippen LogP) is 3.35. The van der Waals surface area contributed by atoms with Gasteiger partial charge < -0.3 is 24.4 Å². The Balaban J connectivity index is 2.05. The van der Waals surface area contributed by atoms with Crippen LogP contribution in [-0.2, 0) is 35.2 Å². The van der Waals surface area contributed by atoms with E-state index in [-0.39, 0.29) is 31.9 Å². The maximum Gasteiger partial charge on any atom is 0.408 e. The maximum atomic E-state index is 12.8. The molecule has 1 aromatic rings. The molecule has 188 valence electrons. The number of likely N-dealkylation sites (tertiary alicyclic amines) is 1. The fourth-order valence-corrected chi connectivity index (χ4v) is 3.43. The van der Waals surface area contributed by atoms with E-state index >= 15 is 0 Å². The topological polar surface area (TPSA) is 111 Å². The SMILES string of the molecule is CC(C)(C)OC(=O)[C@H](CCN1C(=O)CC[C@H]1C(=O)OC(C)(C)C)NC(=O)OCc1ccccc1. The third-order valence-corrected chi connectivity index (χ3v) is 4.86. The van der Waals surface area contributed by atoms with Crippen LogP contribution in [0.25, 0.3) is 0 Å². The van der Waals surface area contributed by atoms with Gasteiger partial charge in [0.15, 0.2) is 0 Å². The minimum absolute atomic E-state index is 0.0407. The first-order chi connectivity index (χ1) is 15.7. The average Bonchev–Trinajstić information content (AvgIpc) is 3.08. The van der Waals surface area contributed by atoms with Crippen LogP contribution in [0.4, 0.5) is 4.79 Å². The average molecular weight is 477 g/mol. The molecule has 1 aromatic carbocycles. The highest BCUT2D eigenvalue weighted by Crippen LogP contribution is 2.23. The van der Waals surface area contributed by atoms with E-state index in [0.717, 1.165) is 5.56 Å². The zero-order valence-electron chi connectivity index (χ0n) is 20.9. The third kappa shape index (κ3) is 9.03. The third-order valence-electron chi connectivity index (χ3n) is 4.86. The molecule has 1 fully saturated rings. The Hall–Kier alpha value is -3.10. The molecule has 1 aliphatic heterocycles. The van der Waals surface area contributed by atoms with Gasteiger partial charge in [-0.05, 0) is 59.9 Å². The second-order valence-corrected chi connectivity index (χ2v) is 10.3. The quantitative estimate of drug-likeness (QED) is 0.452. The smallest absolute Gasteiger partial charge is 0.408 e. The molecule has 0 saturated carbocycles. The highest BCUT2D eigenvalue weighted by Gasteiger charge is 2.39. The van der Waals surface area contributed by atoms with Crippen molar-refractivity contribution in [2.75, 3.05) is 6.54 Å². The maximum absolute atomic E-state index is 12.8. The zero-order valence-corrected chi connectivity index (χ0v) is 20.9. The van der Waals surface area contributed by atoms with Gasteiger partial charge in [0.1, 0.15) is 29.9 Å². The van der Waals surface area contributed by atoms with E-state index in [1.807, 2.05) is 30.3 Å². The van der Waals surface area contributed by atoms with Crippen LogP contribution in [0.5, 0.6) is 0 Å². The number of amides is 2. The van der Waals surface area contributed by atoms with Crippen molar-refractivity contribution in [3.05, 3.63) is 35.9 Å². The molecule has 9 heteroatoms. The number of ether oxygens (including phenoxy) is 3. The normalized spacial score (nSPS) is 17.2. The minimum Gasteiger partial charge on any atom is -0.458 e. The number of carbonyl (C=O) groups is 4. The molecule has 9 nitrogen and oxygen atoms in total. The summed E-state index contributed by atoms with van der Waals surface area (Å²) in [4.78, 5) is 51.6. The Bertz CT molecular complexity index is 871. The molecular weight excluding hydrogens is 440 g/mol.